The van der Waals surface area contributed by atoms with E-state index in [9.17, 15) is 9.59 Å². The number of rotatable bonds is 7. The van der Waals surface area contributed by atoms with Gasteiger partial charge in [0.15, 0.2) is 5.75 Å². The molecule has 0 spiro atoms. The van der Waals surface area contributed by atoms with E-state index >= 15 is 0 Å². The Bertz CT molecular complexity index is 781. The van der Waals surface area contributed by atoms with Crippen molar-refractivity contribution in [1.29, 1.82) is 0 Å². The number of halogens is 2. The molecule has 5 nitrogen and oxygen atoms in total. The van der Waals surface area contributed by atoms with Crippen molar-refractivity contribution >= 4 is 40.8 Å². The maximum atomic E-state index is 11.8. The lowest BCUT2D eigenvalue weighted by Gasteiger charge is -2.12. The van der Waals surface area contributed by atoms with Crippen LogP contribution in [0.4, 0.5) is 5.69 Å². The van der Waals surface area contributed by atoms with Crippen LogP contribution in [0.1, 0.15) is 25.8 Å². The van der Waals surface area contributed by atoms with E-state index < -0.39 is 5.97 Å². The molecule has 0 aliphatic carbocycles. The van der Waals surface area contributed by atoms with Gasteiger partial charge in [0.25, 0.3) is 0 Å². The van der Waals surface area contributed by atoms with Crippen LogP contribution in [0.15, 0.2) is 36.4 Å². The van der Waals surface area contributed by atoms with Gasteiger partial charge in [-0.1, -0.05) is 37.0 Å². The summed E-state index contributed by atoms with van der Waals surface area (Å²) in [6.07, 6.45) is 0.274. The van der Waals surface area contributed by atoms with E-state index in [-0.39, 0.29) is 34.0 Å². The van der Waals surface area contributed by atoms with Gasteiger partial charge >= 0.3 is 5.97 Å². The third-order valence-corrected chi connectivity index (χ3v) is 3.93. The van der Waals surface area contributed by atoms with Gasteiger partial charge in [0.2, 0.25) is 5.91 Å². The van der Waals surface area contributed by atoms with Crippen LogP contribution in [-0.2, 0) is 16.0 Å². The fraction of sp³-hybridized carbons (Fsp3) is 0.263. The van der Waals surface area contributed by atoms with E-state index in [2.05, 4.69) is 5.32 Å². The number of ether oxygens (including phenoxy) is 1. The van der Waals surface area contributed by atoms with Crippen molar-refractivity contribution in [2.75, 3.05) is 5.32 Å². The highest BCUT2D eigenvalue weighted by molar-refractivity contribution is 6.37. The standard InChI is InChI=1S/C19H19Cl2NO4/c1-11(2)7-17(23)22-13-3-5-14(6-4-13)26-19-15(20)8-12(9-16(19)21)10-18(24)25/h3-6,8-9,11H,7,10H2,1-2H3,(H,22,23)(H,24,25). The van der Waals surface area contributed by atoms with Crippen molar-refractivity contribution < 1.29 is 19.4 Å². The number of carbonyl (C=O) groups excluding carboxylic acids is 1. The predicted molar refractivity (Wildman–Crippen MR) is 102 cm³/mol. The molecule has 7 heteroatoms. The Hall–Kier alpha value is -2.24. The zero-order chi connectivity index (χ0) is 19.3. The minimum absolute atomic E-state index is 0.0474. The lowest BCUT2D eigenvalue weighted by atomic mass is 10.1. The topological polar surface area (TPSA) is 75.6 Å². The Morgan fingerprint density at radius 3 is 2.19 bits per heavy atom. The van der Waals surface area contributed by atoms with E-state index in [1.54, 1.807) is 24.3 Å². The summed E-state index contributed by atoms with van der Waals surface area (Å²) in [7, 11) is 0. The van der Waals surface area contributed by atoms with E-state index in [4.69, 9.17) is 33.0 Å². The molecule has 0 atom stereocenters. The summed E-state index contributed by atoms with van der Waals surface area (Å²) < 4.78 is 5.70. The summed E-state index contributed by atoms with van der Waals surface area (Å²) in [5.74, 6) is 0.00128. The number of nitrogens with one attached hydrogen (secondary N) is 1. The molecule has 0 bridgehead atoms. The molecule has 0 aliphatic rings. The van der Waals surface area contributed by atoms with Crippen LogP contribution < -0.4 is 10.1 Å². The van der Waals surface area contributed by atoms with Crippen molar-refractivity contribution in [3.63, 3.8) is 0 Å². The van der Waals surface area contributed by atoms with Gasteiger partial charge in [-0.25, -0.2) is 0 Å². The minimum atomic E-state index is -0.971. The van der Waals surface area contributed by atoms with Crippen LogP contribution in [0.25, 0.3) is 0 Å². The quantitative estimate of drug-likeness (QED) is 0.657. The second-order valence-electron chi connectivity index (χ2n) is 6.23. The molecule has 138 valence electrons. The van der Waals surface area contributed by atoms with Crippen molar-refractivity contribution in [3.05, 3.63) is 52.0 Å². The van der Waals surface area contributed by atoms with Crippen molar-refractivity contribution in [3.8, 4) is 11.5 Å². The number of carboxylic acid groups (broad SMARTS) is 1. The summed E-state index contributed by atoms with van der Waals surface area (Å²) in [4.78, 5) is 22.6. The Morgan fingerprint density at radius 1 is 1.12 bits per heavy atom. The maximum Gasteiger partial charge on any atom is 0.307 e. The van der Waals surface area contributed by atoms with Crippen LogP contribution >= 0.6 is 23.2 Å². The zero-order valence-electron chi connectivity index (χ0n) is 14.4. The molecule has 0 fully saturated rings. The normalized spacial score (nSPS) is 10.7. The lowest BCUT2D eigenvalue weighted by molar-refractivity contribution is -0.136. The first-order chi connectivity index (χ1) is 12.2. The monoisotopic (exact) mass is 395 g/mol. The Kier molecular flexibility index (Phi) is 6.89. The molecule has 2 aromatic rings. The van der Waals surface area contributed by atoms with E-state index in [1.165, 1.54) is 12.1 Å². The molecule has 0 saturated heterocycles. The molecule has 0 unspecified atom stereocenters. The molecule has 2 aromatic carbocycles. The molecule has 0 saturated carbocycles. The Morgan fingerprint density at radius 2 is 1.69 bits per heavy atom. The van der Waals surface area contributed by atoms with Gasteiger partial charge in [-0.3, -0.25) is 9.59 Å². The number of amides is 1. The smallest absolute Gasteiger partial charge is 0.307 e. The van der Waals surface area contributed by atoms with E-state index in [1.807, 2.05) is 13.8 Å². The molecule has 1 amide bonds. The number of hydrogen-bond donors (Lipinski definition) is 2. The van der Waals surface area contributed by atoms with Crippen molar-refractivity contribution in [2.45, 2.75) is 26.7 Å². The fourth-order valence-corrected chi connectivity index (χ4v) is 2.90. The van der Waals surface area contributed by atoms with E-state index in [0.717, 1.165) is 0 Å². The molecule has 0 aliphatic heterocycles. The maximum absolute atomic E-state index is 11.8. The Balaban J connectivity index is 2.09. The van der Waals surface area contributed by atoms with Gasteiger partial charge in [-0.15, -0.1) is 0 Å². The van der Waals surface area contributed by atoms with Crippen LogP contribution in [0.2, 0.25) is 10.0 Å². The zero-order valence-corrected chi connectivity index (χ0v) is 15.9. The van der Waals surface area contributed by atoms with Crippen LogP contribution in [0.3, 0.4) is 0 Å². The minimum Gasteiger partial charge on any atom is -0.481 e. The lowest BCUT2D eigenvalue weighted by Crippen LogP contribution is -2.13. The van der Waals surface area contributed by atoms with Gasteiger partial charge in [0.05, 0.1) is 16.5 Å². The van der Waals surface area contributed by atoms with Crippen molar-refractivity contribution in [1.82, 2.24) is 0 Å². The molecule has 0 radical (unpaired) electrons. The second-order valence-corrected chi connectivity index (χ2v) is 7.05. The third-order valence-electron chi connectivity index (χ3n) is 3.37. The van der Waals surface area contributed by atoms with Gasteiger partial charge in [0.1, 0.15) is 5.75 Å². The molecular weight excluding hydrogens is 377 g/mol. The molecule has 2 rings (SSSR count). The summed E-state index contributed by atoms with van der Waals surface area (Å²) >= 11 is 12.3. The molecule has 0 heterocycles. The highest BCUT2D eigenvalue weighted by Gasteiger charge is 2.13. The third kappa shape index (κ3) is 5.93. The highest BCUT2D eigenvalue weighted by atomic mass is 35.5. The van der Waals surface area contributed by atoms with Gasteiger partial charge in [-0.05, 0) is 47.9 Å². The second kappa shape index (κ2) is 8.92. The number of carbonyl (C=O) groups is 2. The summed E-state index contributed by atoms with van der Waals surface area (Å²) in [6, 6.07) is 9.82. The first kappa shape index (κ1) is 20.1. The van der Waals surface area contributed by atoms with Crippen LogP contribution in [-0.4, -0.2) is 17.0 Å². The fourth-order valence-electron chi connectivity index (χ4n) is 2.29. The predicted octanol–water partition coefficient (Wildman–Crippen LogP) is 5.40. The summed E-state index contributed by atoms with van der Waals surface area (Å²) in [5, 5.41) is 12.1. The summed E-state index contributed by atoms with van der Waals surface area (Å²) in [5.41, 5.74) is 1.15. The van der Waals surface area contributed by atoms with Gasteiger partial charge < -0.3 is 15.2 Å². The average Bonchev–Trinajstić information content (AvgIpc) is 2.51. The number of benzene rings is 2. The van der Waals surface area contributed by atoms with Crippen LogP contribution in [0, 0.1) is 5.92 Å². The number of anilines is 1. The van der Waals surface area contributed by atoms with Gasteiger partial charge in [0, 0.05) is 12.1 Å². The molecule has 26 heavy (non-hydrogen) atoms. The Labute approximate surface area is 161 Å². The SMILES string of the molecule is CC(C)CC(=O)Nc1ccc(Oc2c(Cl)cc(CC(=O)O)cc2Cl)cc1. The number of hydrogen-bond acceptors (Lipinski definition) is 3. The molecular formula is C19H19Cl2NO4. The largest absolute Gasteiger partial charge is 0.481 e. The first-order valence-corrected chi connectivity index (χ1v) is 8.77. The number of carboxylic acids is 1. The van der Waals surface area contributed by atoms with Crippen molar-refractivity contribution in [2.24, 2.45) is 5.92 Å². The number of aliphatic carboxylic acids is 1. The van der Waals surface area contributed by atoms with E-state index in [0.29, 0.717) is 23.4 Å². The first-order valence-electron chi connectivity index (χ1n) is 8.02. The average molecular weight is 396 g/mol. The summed E-state index contributed by atoms with van der Waals surface area (Å²) in [6.45, 7) is 3.96. The highest BCUT2D eigenvalue weighted by Crippen LogP contribution is 2.37. The molecule has 0 aromatic heterocycles. The van der Waals surface area contributed by atoms with Crippen LogP contribution in [0.5, 0.6) is 11.5 Å². The van der Waals surface area contributed by atoms with Gasteiger partial charge in [-0.2, -0.15) is 0 Å². The molecule has 2 N–H and O–H groups in total.